The van der Waals surface area contributed by atoms with Crippen molar-refractivity contribution < 1.29 is 4.74 Å². The monoisotopic (exact) mass is 292 g/mol. The van der Waals surface area contributed by atoms with Gasteiger partial charge in [0.05, 0.1) is 12.8 Å². The Hall–Kier alpha value is -1.17. The van der Waals surface area contributed by atoms with Crippen molar-refractivity contribution in [3.63, 3.8) is 0 Å². The van der Waals surface area contributed by atoms with Gasteiger partial charge in [0.1, 0.15) is 0 Å². The molecule has 0 bridgehead atoms. The summed E-state index contributed by atoms with van der Waals surface area (Å²) in [5.74, 6) is 0.700. The van der Waals surface area contributed by atoms with Crippen LogP contribution in [0.15, 0.2) is 18.2 Å². The van der Waals surface area contributed by atoms with Gasteiger partial charge in [0.25, 0.3) is 0 Å². The molecule has 5 heteroatoms. The van der Waals surface area contributed by atoms with Gasteiger partial charge in [0, 0.05) is 38.8 Å². The number of pyridine rings is 1. The maximum atomic E-state index is 5.52. The van der Waals surface area contributed by atoms with Crippen molar-refractivity contribution in [3.05, 3.63) is 23.9 Å². The maximum absolute atomic E-state index is 5.52. The largest absolute Gasteiger partial charge is 0.481 e. The molecule has 1 aliphatic heterocycles. The Balaban J connectivity index is 1.68. The van der Waals surface area contributed by atoms with Crippen molar-refractivity contribution in [2.24, 2.45) is 5.73 Å². The second-order valence-corrected chi connectivity index (χ2v) is 5.64. The molecule has 0 aromatic carbocycles. The van der Waals surface area contributed by atoms with E-state index < -0.39 is 0 Å². The van der Waals surface area contributed by atoms with Gasteiger partial charge in [-0.1, -0.05) is 12.5 Å². The summed E-state index contributed by atoms with van der Waals surface area (Å²) in [6.45, 7) is 7.51. The topological polar surface area (TPSA) is 54.6 Å². The quantitative estimate of drug-likeness (QED) is 0.733. The molecule has 0 saturated carbocycles. The molecule has 2 rings (SSSR count). The van der Waals surface area contributed by atoms with E-state index in [1.165, 1.54) is 19.4 Å². The predicted octanol–water partition coefficient (Wildman–Crippen LogP) is 1.34. The Labute approximate surface area is 128 Å². The number of hydrogen-bond donors (Lipinski definition) is 1. The van der Waals surface area contributed by atoms with E-state index in [4.69, 9.17) is 10.5 Å². The third-order valence-corrected chi connectivity index (χ3v) is 4.02. The van der Waals surface area contributed by atoms with Gasteiger partial charge < -0.3 is 15.4 Å². The third kappa shape index (κ3) is 5.61. The minimum atomic E-state index is 0.700. The van der Waals surface area contributed by atoms with Crippen LogP contribution in [0.5, 0.6) is 5.88 Å². The Kier molecular flexibility index (Phi) is 6.92. The van der Waals surface area contributed by atoms with Crippen molar-refractivity contribution in [3.8, 4) is 5.88 Å². The molecule has 5 nitrogen and oxygen atoms in total. The number of unbranched alkanes of at least 4 members (excludes halogenated alkanes) is 2. The van der Waals surface area contributed by atoms with Crippen LogP contribution in [0.25, 0.3) is 0 Å². The lowest BCUT2D eigenvalue weighted by Gasteiger charge is -2.34. The molecule has 0 spiro atoms. The van der Waals surface area contributed by atoms with E-state index in [2.05, 4.69) is 20.9 Å². The van der Waals surface area contributed by atoms with Crippen LogP contribution in [0.2, 0.25) is 0 Å². The highest BCUT2D eigenvalue weighted by Crippen LogP contribution is 2.11. The van der Waals surface area contributed by atoms with Crippen LogP contribution < -0.4 is 10.5 Å². The first-order valence-corrected chi connectivity index (χ1v) is 7.96. The number of methoxy groups -OCH3 is 1. The van der Waals surface area contributed by atoms with Crippen LogP contribution in [0.1, 0.15) is 25.0 Å². The molecular weight excluding hydrogens is 264 g/mol. The summed E-state index contributed by atoms with van der Waals surface area (Å²) in [5, 5.41) is 0. The van der Waals surface area contributed by atoms with Crippen LogP contribution in [0, 0.1) is 0 Å². The fourth-order valence-corrected chi connectivity index (χ4v) is 2.72. The van der Waals surface area contributed by atoms with Gasteiger partial charge in [-0.15, -0.1) is 0 Å². The molecule has 2 heterocycles. The first-order valence-electron chi connectivity index (χ1n) is 7.96. The average molecular weight is 292 g/mol. The Bertz CT molecular complexity index is 405. The molecule has 0 unspecified atom stereocenters. The molecule has 1 aromatic heterocycles. The first kappa shape index (κ1) is 16.2. The molecule has 2 N–H and O–H groups in total. The number of aromatic nitrogens is 1. The average Bonchev–Trinajstić information content (AvgIpc) is 2.53. The van der Waals surface area contributed by atoms with Crippen LogP contribution in [0.3, 0.4) is 0 Å². The molecule has 1 aromatic rings. The van der Waals surface area contributed by atoms with Gasteiger partial charge in [-0.3, -0.25) is 4.90 Å². The number of rotatable bonds is 8. The van der Waals surface area contributed by atoms with E-state index in [9.17, 15) is 0 Å². The SMILES string of the molecule is COc1cccc(CN2CCN(CCCCCN)CC2)n1. The summed E-state index contributed by atoms with van der Waals surface area (Å²) >= 11 is 0. The number of hydrogen-bond acceptors (Lipinski definition) is 5. The third-order valence-electron chi connectivity index (χ3n) is 4.02. The van der Waals surface area contributed by atoms with Gasteiger partial charge in [-0.05, 0) is 32.0 Å². The van der Waals surface area contributed by atoms with Gasteiger partial charge in [0.2, 0.25) is 5.88 Å². The number of piperazine rings is 1. The normalized spacial score (nSPS) is 17.0. The minimum absolute atomic E-state index is 0.700. The zero-order chi connectivity index (χ0) is 14.9. The number of ether oxygens (including phenoxy) is 1. The maximum Gasteiger partial charge on any atom is 0.213 e. The summed E-state index contributed by atoms with van der Waals surface area (Å²) in [4.78, 5) is 9.52. The molecule has 0 atom stereocenters. The standard InChI is InChI=1S/C16H28N4O/c1-21-16-7-5-6-15(18-16)14-20-12-10-19(11-13-20)9-4-2-3-8-17/h5-7H,2-4,8-14,17H2,1H3. The summed E-state index contributed by atoms with van der Waals surface area (Å²) in [5.41, 5.74) is 6.61. The smallest absolute Gasteiger partial charge is 0.213 e. The lowest BCUT2D eigenvalue weighted by atomic mass is 10.2. The summed E-state index contributed by atoms with van der Waals surface area (Å²) in [6, 6.07) is 5.97. The number of nitrogens with two attached hydrogens (primary N) is 1. The summed E-state index contributed by atoms with van der Waals surface area (Å²) < 4.78 is 5.18. The molecule has 1 fully saturated rings. The first-order chi connectivity index (χ1) is 10.3. The Morgan fingerprint density at radius 1 is 1.10 bits per heavy atom. The predicted molar refractivity (Wildman–Crippen MR) is 85.4 cm³/mol. The van der Waals surface area contributed by atoms with E-state index in [0.29, 0.717) is 5.88 Å². The van der Waals surface area contributed by atoms with Crippen molar-refractivity contribution in [1.82, 2.24) is 14.8 Å². The van der Waals surface area contributed by atoms with Crippen molar-refractivity contribution >= 4 is 0 Å². The van der Waals surface area contributed by atoms with Crippen molar-refractivity contribution in [2.75, 3.05) is 46.4 Å². The molecule has 0 amide bonds. The van der Waals surface area contributed by atoms with Crippen LogP contribution in [-0.4, -0.2) is 61.2 Å². The number of nitrogens with zero attached hydrogens (tertiary/aromatic N) is 3. The molecule has 0 aliphatic carbocycles. The van der Waals surface area contributed by atoms with Crippen molar-refractivity contribution in [1.29, 1.82) is 0 Å². The van der Waals surface area contributed by atoms with Gasteiger partial charge in [-0.25, -0.2) is 4.98 Å². The molecule has 1 saturated heterocycles. The second kappa shape index (κ2) is 8.97. The van der Waals surface area contributed by atoms with Gasteiger partial charge in [-0.2, -0.15) is 0 Å². The minimum Gasteiger partial charge on any atom is -0.481 e. The molecular formula is C16H28N4O. The van der Waals surface area contributed by atoms with E-state index in [1.807, 2.05) is 12.1 Å². The lowest BCUT2D eigenvalue weighted by molar-refractivity contribution is 0.124. The zero-order valence-electron chi connectivity index (χ0n) is 13.1. The molecule has 1 aliphatic rings. The van der Waals surface area contributed by atoms with E-state index in [-0.39, 0.29) is 0 Å². The van der Waals surface area contributed by atoms with Crippen LogP contribution in [0.4, 0.5) is 0 Å². The van der Waals surface area contributed by atoms with E-state index in [1.54, 1.807) is 7.11 Å². The van der Waals surface area contributed by atoms with Crippen LogP contribution in [-0.2, 0) is 6.54 Å². The second-order valence-electron chi connectivity index (χ2n) is 5.64. The van der Waals surface area contributed by atoms with Crippen molar-refractivity contribution in [2.45, 2.75) is 25.8 Å². The highest BCUT2D eigenvalue weighted by atomic mass is 16.5. The van der Waals surface area contributed by atoms with Gasteiger partial charge in [0.15, 0.2) is 0 Å². The fraction of sp³-hybridized carbons (Fsp3) is 0.688. The molecule has 0 radical (unpaired) electrons. The molecule has 21 heavy (non-hydrogen) atoms. The highest BCUT2D eigenvalue weighted by molar-refractivity contribution is 5.15. The van der Waals surface area contributed by atoms with E-state index >= 15 is 0 Å². The zero-order valence-corrected chi connectivity index (χ0v) is 13.1. The summed E-state index contributed by atoms with van der Waals surface area (Å²) in [6.07, 6.45) is 3.68. The summed E-state index contributed by atoms with van der Waals surface area (Å²) in [7, 11) is 1.66. The lowest BCUT2D eigenvalue weighted by Crippen LogP contribution is -2.46. The van der Waals surface area contributed by atoms with Crippen LogP contribution >= 0.6 is 0 Å². The van der Waals surface area contributed by atoms with Gasteiger partial charge >= 0.3 is 0 Å². The molecule has 118 valence electrons. The Morgan fingerprint density at radius 2 is 1.86 bits per heavy atom. The fourth-order valence-electron chi connectivity index (χ4n) is 2.72. The Morgan fingerprint density at radius 3 is 2.57 bits per heavy atom. The van der Waals surface area contributed by atoms with E-state index in [0.717, 1.165) is 51.4 Å². The highest BCUT2D eigenvalue weighted by Gasteiger charge is 2.16.